The minimum absolute atomic E-state index is 0.0180. The van der Waals surface area contributed by atoms with E-state index in [1.165, 1.54) is 18.3 Å². The van der Waals surface area contributed by atoms with Gasteiger partial charge < -0.3 is 5.32 Å². The Morgan fingerprint density at radius 1 is 0.833 bits per heavy atom. The van der Waals surface area contributed by atoms with E-state index in [2.05, 4.69) is 15.3 Å². The van der Waals surface area contributed by atoms with E-state index in [1.54, 1.807) is 18.3 Å². The Hall–Kier alpha value is -4.07. The zero-order valence-electron chi connectivity index (χ0n) is 15.2. The molecule has 0 aliphatic heterocycles. The molecule has 4 rings (SSSR count). The summed E-state index contributed by atoms with van der Waals surface area (Å²) in [5.41, 5.74) is 0.475. The number of hydrogen-bond donors (Lipinski definition) is 1. The summed E-state index contributed by atoms with van der Waals surface area (Å²) in [7, 11) is 0. The first-order valence-electron chi connectivity index (χ1n) is 8.73. The van der Waals surface area contributed by atoms with Crippen molar-refractivity contribution in [2.24, 2.45) is 0 Å². The highest BCUT2D eigenvalue weighted by Gasteiger charge is 2.16. The lowest BCUT2D eigenvalue weighted by Gasteiger charge is -2.08. The highest BCUT2D eigenvalue weighted by atomic mass is 19.2. The van der Waals surface area contributed by atoms with Gasteiger partial charge in [0.2, 0.25) is 5.78 Å². The maximum Gasteiger partial charge on any atom is 0.255 e. The summed E-state index contributed by atoms with van der Waals surface area (Å²) in [6, 6.07) is 10.9. The topological polar surface area (TPSA) is 72.0 Å². The molecule has 8 heteroatoms. The summed E-state index contributed by atoms with van der Waals surface area (Å²) in [4.78, 5) is 33.2. The van der Waals surface area contributed by atoms with Gasteiger partial charge in [-0.2, -0.15) is 0 Å². The smallest absolute Gasteiger partial charge is 0.255 e. The van der Waals surface area contributed by atoms with Gasteiger partial charge in [0.15, 0.2) is 11.6 Å². The van der Waals surface area contributed by atoms with E-state index in [9.17, 15) is 22.8 Å². The fourth-order valence-electron chi connectivity index (χ4n) is 2.88. The van der Waals surface area contributed by atoms with Crippen LogP contribution in [-0.4, -0.2) is 21.7 Å². The molecule has 0 fully saturated rings. The predicted molar refractivity (Wildman–Crippen MR) is 104 cm³/mol. The largest absolute Gasteiger partial charge is 0.322 e. The molecule has 0 radical (unpaired) electrons. The summed E-state index contributed by atoms with van der Waals surface area (Å²) in [6.45, 7) is 0. The highest BCUT2D eigenvalue weighted by molar-refractivity contribution is 6.10. The molecule has 2 aromatic heterocycles. The average Bonchev–Trinajstić information content (AvgIpc) is 2.74. The van der Waals surface area contributed by atoms with Crippen LogP contribution in [0.15, 0.2) is 67.0 Å². The molecule has 0 aliphatic rings. The Morgan fingerprint density at radius 2 is 1.67 bits per heavy atom. The molecule has 0 saturated carbocycles. The van der Waals surface area contributed by atoms with Gasteiger partial charge in [0, 0.05) is 28.4 Å². The van der Waals surface area contributed by atoms with Gasteiger partial charge >= 0.3 is 0 Å². The maximum atomic E-state index is 14.1. The predicted octanol–water partition coefficient (Wildman–Crippen LogP) is 4.53. The molecular formula is C22H12F3N3O2. The van der Waals surface area contributed by atoms with Crippen molar-refractivity contribution < 1.29 is 22.8 Å². The van der Waals surface area contributed by atoms with Crippen LogP contribution >= 0.6 is 0 Å². The number of carbonyl (C=O) groups is 2. The first-order valence-corrected chi connectivity index (χ1v) is 8.73. The number of aromatic nitrogens is 2. The Labute approximate surface area is 168 Å². The van der Waals surface area contributed by atoms with Crippen LogP contribution in [0.5, 0.6) is 0 Å². The summed E-state index contributed by atoms with van der Waals surface area (Å²) >= 11 is 0. The van der Waals surface area contributed by atoms with E-state index < -0.39 is 29.1 Å². The lowest BCUT2D eigenvalue weighted by molar-refractivity contribution is 0.101. The highest BCUT2D eigenvalue weighted by Crippen LogP contribution is 2.20. The zero-order chi connectivity index (χ0) is 21.3. The molecule has 148 valence electrons. The number of carbonyl (C=O) groups excluding carboxylic acids is 2. The minimum atomic E-state index is -1.19. The Bertz CT molecular complexity index is 1310. The Balaban J connectivity index is 1.62. The fourth-order valence-corrected chi connectivity index (χ4v) is 2.88. The summed E-state index contributed by atoms with van der Waals surface area (Å²) < 4.78 is 40.5. The van der Waals surface area contributed by atoms with Crippen molar-refractivity contribution in [3.8, 4) is 0 Å². The van der Waals surface area contributed by atoms with Crippen LogP contribution in [0.2, 0.25) is 0 Å². The second-order valence-electron chi connectivity index (χ2n) is 6.41. The standard InChI is InChI=1S/C22H12F3N3O2/c23-15-6-14(21(29)19-9-12-2-1-5-26-20(12)11-27-19)7-16(10-15)28-22(30)13-3-4-17(24)18(25)8-13/h1-11H,(H,28,30). The van der Waals surface area contributed by atoms with E-state index >= 15 is 0 Å². The number of nitrogens with zero attached hydrogens (tertiary/aromatic N) is 2. The van der Waals surface area contributed by atoms with Crippen LogP contribution in [0.3, 0.4) is 0 Å². The lowest BCUT2D eigenvalue weighted by Crippen LogP contribution is -2.13. The maximum absolute atomic E-state index is 14.1. The van der Waals surface area contributed by atoms with Gasteiger partial charge in [-0.3, -0.25) is 19.6 Å². The molecule has 1 amide bonds. The van der Waals surface area contributed by atoms with Crippen molar-refractivity contribution in [3.63, 3.8) is 0 Å². The van der Waals surface area contributed by atoms with Crippen molar-refractivity contribution in [3.05, 3.63) is 101 Å². The third-order valence-electron chi connectivity index (χ3n) is 4.32. The number of rotatable bonds is 4. The van der Waals surface area contributed by atoms with Gasteiger partial charge in [-0.15, -0.1) is 0 Å². The number of amides is 1. The number of pyridine rings is 2. The van der Waals surface area contributed by atoms with E-state index in [0.29, 0.717) is 10.9 Å². The number of fused-ring (bicyclic) bond motifs is 1. The van der Waals surface area contributed by atoms with Gasteiger partial charge in [-0.05, 0) is 48.5 Å². The minimum Gasteiger partial charge on any atom is -0.322 e. The van der Waals surface area contributed by atoms with Crippen LogP contribution < -0.4 is 5.32 Å². The number of halogens is 3. The molecule has 30 heavy (non-hydrogen) atoms. The normalized spacial score (nSPS) is 10.8. The van der Waals surface area contributed by atoms with Gasteiger partial charge in [0.1, 0.15) is 11.5 Å². The molecule has 0 saturated heterocycles. The van der Waals surface area contributed by atoms with E-state index in [0.717, 1.165) is 30.3 Å². The number of ketones is 1. The summed E-state index contributed by atoms with van der Waals surface area (Å²) in [6.07, 6.45) is 3.04. The zero-order valence-corrected chi connectivity index (χ0v) is 15.2. The Morgan fingerprint density at radius 3 is 2.47 bits per heavy atom. The third kappa shape index (κ3) is 3.88. The molecule has 4 aromatic rings. The van der Waals surface area contributed by atoms with Crippen LogP contribution in [0.25, 0.3) is 10.9 Å². The van der Waals surface area contributed by atoms with E-state index in [4.69, 9.17) is 0 Å². The van der Waals surface area contributed by atoms with Crippen LogP contribution in [0.4, 0.5) is 18.9 Å². The number of hydrogen-bond acceptors (Lipinski definition) is 4. The number of anilines is 1. The average molecular weight is 407 g/mol. The van der Waals surface area contributed by atoms with Crippen molar-refractivity contribution in [2.45, 2.75) is 0 Å². The summed E-state index contributed by atoms with van der Waals surface area (Å²) in [5.74, 6) is -4.38. The molecule has 0 aliphatic carbocycles. The van der Waals surface area contributed by atoms with Crippen molar-refractivity contribution in [1.82, 2.24) is 9.97 Å². The summed E-state index contributed by atoms with van der Waals surface area (Å²) in [5, 5.41) is 3.07. The molecule has 0 atom stereocenters. The van der Waals surface area contributed by atoms with E-state index in [-0.39, 0.29) is 22.5 Å². The van der Waals surface area contributed by atoms with E-state index in [1.807, 2.05) is 0 Å². The molecule has 0 spiro atoms. The molecule has 1 N–H and O–H groups in total. The lowest BCUT2D eigenvalue weighted by atomic mass is 10.1. The number of nitrogens with one attached hydrogen (secondary N) is 1. The first kappa shape index (κ1) is 19.3. The van der Waals surface area contributed by atoms with Crippen LogP contribution in [0.1, 0.15) is 26.4 Å². The molecule has 2 heterocycles. The first-order chi connectivity index (χ1) is 14.4. The van der Waals surface area contributed by atoms with Crippen molar-refractivity contribution in [1.29, 1.82) is 0 Å². The Kier molecular flexibility index (Phi) is 4.97. The molecular weight excluding hydrogens is 395 g/mol. The second-order valence-corrected chi connectivity index (χ2v) is 6.41. The molecule has 0 bridgehead atoms. The van der Waals surface area contributed by atoms with Gasteiger partial charge in [-0.1, -0.05) is 6.07 Å². The second kappa shape index (κ2) is 7.75. The quantitative estimate of drug-likeness (QED) is 0.505. The van der Waals surface area contributed by atoms with Crippen molar-refractivity contribution in [2.75, 3.05) is 5.32 Å². The molecule has 5 nitrogen and oxygen atoms in total. The SMILES string of the molecule is O=C(Nc1cc(F)cc(C(=O)c2cc3cccnc3cn2)c1)c1ccc(F)c(F)c1. The van der Waals surface area contributed by atoms with Crippen LogP contribution in [0, 0.1) is 17.5 Å². The molecule has 0 unspecified atom stereocenters. The fraction of sp³-hybridized carbons (Fsp3) is 0. The van der Waals surface area contributed by atoms with Gasteiger partial charge in [0.05, 0.1) is 11.7 Å². The van der Waals surface area contributed by atoms with Gasteiger partial charge in [0.25, 0.3) is 5.91 Å². The third-order valence-corrected chi connectivity index (χ3v) is 4.32. The van der Waals surface area contributed by atoms with Gasteiger partial charge in [-0.25, -0.2) is 13.2 Å². The van der Waals surface area contributed by atoms with Crippen molar-refractivity contribution >= 4 is 28.3 Å². The van der Waals surface area contributed by atoms with Crippen LogP contribution in [-0.2, 0) is 0 Å². The molecule has 2 aromatic carbocycles. The monoisotopic (exact) mass is 407 g/mol. The number of benzene rings is 2.